The van der Waals surface area contributed by atoms with Gasteiger partial charge in [0.05, 0.1) is 14.9 Å². The van der Waals surface area contributed by atoms with Crippen LogP contribution in [0, 0.1) is 11.6 Å². The maximum Gasteiger partial charge on any atom is 0.240 e. The van der Waals surface area contributed by atoms with Crippen molar-refractivity contribution in [1.82, 2.24) is 4.72 Å². The summed E-state index contributed by atoms with van der Waals surface area (Å²) in [6, 6.07) is 7.37. The average Bonchev–Trinajstić information content (AvgIpc) is 2.45. The molecule has 2 aromatic rings. The van der Waals surface area contributed by atoms with Crippen molar-refractivity contribution in [2.75, 3.05) is 6.54 Å². The Morgan fingerprint density at radius 2 is 1.68 bits per heavy atom. The van der Waals surface area contributed by atoms with Gasteiger partial charge in [0.2, 0.25) is 10.0 Å². The largest absolute Gasteiger partial charge is 0.240 e. The van der Waals surface area contributed by atoms with E-state index < -0.39 is 21.7 Å². The number of halogens is 4. The molecule has 0 spiro atoms. The molecule has 22 heavy (non-hydrogen) atoms. The van der Waals surface area contributed by atoms with Crippen LogP contribution in [0.2, 0.25) is 10.0 Å². The predicted molar refractivity (Wildman–Crippen MR) is 81.7 cm³/mol. The van der Waals surface area contributed by atoms with Crippen LogP contribution in [0.4, 0.5) is 8.78 Å². The molecule has 0 aliphatic heterocycles. The second kappa shape index (κ2) is 6.91. The second-order valence-electron chi connectivity index (χ2n) is 4.47. The van der Waals surface area contributed by atoms with Gasteiger partial charge >= 0.3 is 0 Å². The van der Waals surface area contributed by atoms with Crippen LogP contribution in [0.3, 0.4) is 0 Å². The summed E-state index contributed by atoms with van der Waals surface area (Å²) >= 11 is 11.6. The number of sulfonamides is 1. The van der Waals surface area contributed by atoms with Gasteiger partial charge in [-0.3, -0.25) is 0 Å². The van der Waals surface area contributed by atoms with Crippen LogP contribution in [0.5, 0.6) is 0 Å². The Labute approximate surface area is 136 Å². The standard InChI is InChI=1S/C14H11Cl2F2NO2S/c15-11-3-1-9(7-12(11)16)5-6-19-22(20,21)10-2-4-13(17)14(18)8-10/h1-4,7-8,19H,5-6H2. The van der Waals surface area contributed by atoms with Crippen LogP contribution in [0.25, 0.3) is 0 Å². The zero-order chi connectivity index (χ0) is 16.3. The number of benzene rings is 2. The highest BCUT2D eigenvalue weighted by atomic mass is 35.5. The van der Waals surface area contributed by atoms with Crippen molar-refractivity contribution in [2.24, 2.45) is 0 Å². The summed E-state index contributed by atoms with van der Waals surface area (Å²) in [5.74, 6) is -2.32. The Bertz CT molecular complexity index is 797. The molecule has 0 heterocycles. The van der Waals surface area contributed by atoms with Crippen LogP contribution in [-0.4, -0.2) is 15.0 Å². The van der Waals surface area contributed by atoms with Crippen molar-refractivity contribution in [3.8, 4) is 0 Å². The second-order valence-corrected chi connectivity index (χ2v) is 7.05. The molecule has 3 nitrogen and oxygen atoms in total. The molecule has 0 bridgehead atoms. The molecule has 0 saturated carbocycles. The lowest BCUT2D eigenvalue weighted by molar-refractivity contribution is 0.504. The molecular formula is C14H11Cl2F2NO2S. The fourth-order valence-corrected chi connectivity index (χ4v) is 3.12. The van der Waals surface area contributed by atoms with Crippen LogP contribution in [-0.2, 0) is 16.4 Å². The van der Waals surface area contributed by atoms with E-state index in [1.54, 1.807) is 18.2 Å². The third kappa shape index (κ3) is 4.16. The van der Waals surface area contributed by atoms with E-state index in [2.05, 4.69) is 4.72 Å². The fraction of sp³-hybridized carbons (Fsp3) is 0.143. The van der Waals surface area contributed by atoms with Crippen LogP contribution < -0.4 is 4.72 Å². The molecule has 0 unspecified atom stereocenters. The minimum Gasteiger partial charge on any atom is -0.211 e. The third-order valence-electron chi connectivity index (χ3n) is 2.89. The minimum absolute atomic E-state index is 0.0826. The van der Waals surface area contributed by atoms with Crippen molar-refractivity contribution in [3.05, 3.63) is 63.6 Å². The van der Waals surface area contributed by atoms with Gasteiger partial charge in [0.1, 0.15) is 0 Å². The van der Waals surface area contributed by atoms with Crippen molar-refractivity contribution < 1.29 is 17.2 Å². The molecule has 0 radical (unpaired) electrons. The van der Waals surface area contributed by atoms with E-state index in [1.807, 2.05) is 0 Å². The van der Waals surface area contributed by atoms with Crippen LogP contribution >= 0.6 is 23.2 Å². The quantitative estimate of drug-likeness (QED) is 0.875. The molecule has 0 amide bonds. The Hall–Kier alpha value is -1.21. The van der Waals surface area contributed by atoms with Crippen molar-refractivity contribution in [3.63, 3.8) is 0 Å². The van der Waals surface area contributed by atoms with Gasteiger partial charge in [0, 0.05) is 6.54 Å². The molecule has 0 aromatic heterocycles. The van der Waals surface area contributed by atoms with Crippen LogP contribution in [0.1, 0.15) is 5.56 Å². The van der Waals surface area contributed by atoms with E-state index >= 15 is 0 Å². The molecule has 118 valence electrons. The van der Waals surface area contributed by atoms with Gasteiger partial charge in [0.15, 0.2) is 11.6 Å². The van der Waals surface area contributed by atoms with E-state index in [0.717, 1.165) is 17.7 Å². The highest BCUT2D eigenvalue weighted by Crippen LogP contribution is 2.22. The van der Waals surface area contributed by atoms with Gasteiger partial charge in [-0.15, -0.1) is 0 Å². The minimum atomic E-state index is -3.90. The molecule has 0 atom stereocenters. The predicted octanol–water partition coefficient (Wildman–Crippen LogP) is 3.79. The first-order valence-electron chi connectivity index (χ1n) is 6.18. The van der Waals surface area contributed by atoms with E-state index in [9.17, 15) is 17.2 Å². The third-order valence-corrected chi connectivity index (χ3v) is 5.09. The van der Waals surface area contributed by atoms with Crippen molar-refractivity contribution in [1.29, 1.82) is 0 Å². The molecule has 0 aliphatic carbocycles. The van der Waals surface area contributed by atoms with E-state index in [4.69, 9.17) is 23.2 Å². The first-order valence-corrected chi connectivity index (χ1v) is 8.42. The molecule has 1 N–H and O–H groups in total. The molecular weight excluding hydrogens is 355 g/mol. The van der Waals surface area contributed by atoms with E-state index in [1.165, 1.54) is 0 Å². The zero-order valence-corrected chi connectivity index (χ0v) is 13.4. The summed E-state index contributed by atoms with van der Waals surface area (Å²) in [4.78, 5) is -0.333. The molecule has 8 heteroatoms. The summed E-state index contributed by atoms with van der Waals surface area (Å²) < 4.78 is 52.1. The Morgan fingerprint density at radius 1 is 0.955 bits per heavy atom. The lowest BCUT2D eigenvalue weighted by atomic mass is 10.1. The van der Waals surface area contributed by atoms with Crippen molar-refractivity contribution >= 4 is 33.2 Å². The SMILES string of the molecule is O=S(=O)(NCCc1ccc(Cl)c(Cl)c1)c1ccc(F)c(F)c1. The van der Waals surface area contributed by atoms with Gasteiger partial charge < -0.3 is 0 Å². The van der Waals surface area contributed by atoms with Crippen molar-refractivity contribution in [2.45, 2.75) is 11.3 Å². The van der Waals surface area contributed by atoms with Gasteiger partial charge in [-0.05, 0) is 42.3 Å². The number of rotatable bonds is 5. The van der Waals surface area contributed by atoms with Gasteiger partial charge in [-0.25, -0.2) is 21.9 Å². The summed E-state index contributed by atoms with van der Waals surface area (Å²) in [6.45, 7) is 0.0826. The van der Waals surface area contributed by atoms with Gasteiger partial charge in [-0.1, -0.05) is 29.3 Å². The topological polar surface area (TPSA) is 46.2 Å². The Kier molecular flexibility index (Phi) is 5.39. The van der Waals surface area contributed by atoms with E-state index in [-0.39, 0.29) is 11.4 Å². The van der Waals surface area contributed by atoms with E-state index in [0.29, 0.717) is 22.5 Å². The fourth-order valence-electron chi connectivity index (χ4n) is 1.75. The number of hydrogen-bond donors (Lipinski definition) is 1. The Balaban J connectivity index is 2.03. The summed E-state index contributed by atoms with van der Waals surface area (Å²) in [6.07, 6.45) is 0.375. The number of nitrogens with one attached hydrogen (secondary N) is 1. The summed E-state index contributed by atoms with van der Waals surface area (Å²) in [5, 5.41) is 0.787. The Morgan fingerprint density at radius 3 is 2.32 bits per heavy atom. The number of hydrogen-bond acceptors (Lipinski definition) is 2. The first kappa shape index (κ1) is 17.1. The monoisotopic (exact) mass is 365 g/mol. The van der Waals surface area contributed by atoms with Gasteiger partial charge in [-0.2, -0.15) is 0 Å². The maximum atomic E-state index is 13.1. The molecule has 2 rings (SSSR count). The molecule has 0 saturated heterocycles. The first-order chi connectivity index (χ1) is 10.3. The lowest BCUT2D eigenvalue weighted by Crippen LogP contribution is -2.26. The smallest absolute Gasteiger partial charge is 0.211 e. The zero-order valence-electron chi connectivity index (χ0n) is 11.1. The molecule has 0 aliphatic rings. The summed E-state index contributed by atoms with van der Waals surface area (Å²) in [7, 11) is -3.90. The summed E-state index contributed by atoms with van der Waals surface area (Å²) in [5.41, 5.74) is 0.794. The molecule has 2 aromatic carbocycles. The normalized spacial score (nSPS) is 11.6. The highest BCUT2D eigenvalue weighted by Gasteiger charge is 2.16. The van der Waals surface area contributed by atoms with Gasteiger partial charge in [0.25, 0.3) is 0 Å². The van der Waals surface area contributed by atoms with Crippen LogP contribution in [0.15, 0.2) is 41.3 Å². The lowest BCUT2D eigenvalue weighted by Gasteiger charge is -2.08. The average molecular weight is 366 g/mol. The molecule has 0 fully saturated rings. The highest BCUT2D eigenvalue weighted by molar-refractivity contribution is 7.89. The maximum absolute atomic E-state index is 13.1.